The zero-order valence-electron chi connectivity index (χ0n) is 14.0. The largest absolute Gasteiger partial charge is 0.447 e. The predicted octanol–water partition coefficient (Wildman–Crippen LogP) is 3.06. The number of allylic oxidation sites excluding steroid dienone is 1. The van der Waals surface area contributed by atoms with Crippen LogP contribution < -0.4 is 4.90 Å². The maximum Gasteiger partial charge on any atom is 0.414 e. The van der Waals surface area contributed by atoms with Crippen molar-refractivity contribution < 1.29 is 14.3 Å². The molecule has 0 spiro atoms. The van der Waals surface area contributed by atoms with E-state index in [2.05, 4.69) is 6.07 Å². The zero-order valence-corrected chi connectivity index (χ0v) is 14.0. The van der Waals surface area contributed by atoms with Crippen LogP contribution in [0.25, 0.3) is 6.08 Å². The van der Waals surface area contributed by atoms with Crippen LogP contribution >= 0.6 is 0 Å². The number of carbonyl (C=O) groups is 2. The molecule has 1 fully saturated rings. The molecular weight excluding hydrogens is 318 g/mol. The second-order valence-corrected chi connectivity index (χ2v) is 5.76. The first-order valence-electron chi connectivity index (χ1n) is 7.84. The molecule has 3 rings (SSSR count). The number of nitriles is 1. The minimum atomic E-state index is -0.399. The summed E-state index contributed by atoms with van der Waals surface area (Å²) in [5.74, 6) is -0.170. The normalized spacial score (nSPS) is 14.0. The fraction of sp³-hybridized carbons (Fsp3) is 0.211. The summed E-state index contributed by atoms with van der Waals surface area (Å²) in [4.78, 5) is 25.6. The van der Waals surface area contributed by atoms with Crippen LogP contribution in [-0.2, 0) is 11.8 Å². The fourth-order valence-electron chi connectivity index (χ4n) is 2.72. The quantitative estimate of drug-likeness (QED) is 0.636. The summed E-state index contributed by atoms with van der Waals surface area (Å²) in [5.41, 5.74) is 3.41. The molecule has 0 bridgehead atoms. The number of anilines is 1. The van der Waals surface area contributed by atoms with Crippen LogP contribution in [0.5, 0.6) is 0 Å². The lowest BCUT2D eigenvalue weighted by Gasteiger charge is -2.13. The van der Waals surface area contributed by atoms with E-state index in [-0.39, 0.29) is 5.78 Å². The van der Waals surface area contributed by atoms with E-state index >= 15 is 0 Å². The summed E-state index contributed by atoms with van der Waals surface area (Å²) in [6.45, 7) is 2.72. The Balaban J connectivity index is 1.82. The Hall–Kier alpha value is -3.33. The average molecular weight is 335 g/mol. The summed E-state index contributed by atoms with van der Waals surface area (Å²) in [7, 11) is 1.81. The van der Waals surface area contributed by atoms with Crippen LogP contribution in [0.4, 0.5) is 10.5 Å². The molecule has 0 unspecified atom stereocenters. The number of cyclic esters (lactones) is 1. The Morgan fingerprint density at radius 1 is 1.36 bits per heavy atom. The third kappa shape index (κ3) is 3.17. The number of aromatic nitrogens is 1. The lowest BCUT2D eigenvalue weighted by Crippen LogP contribution is -2.23. The average Bonchev–Trinajstić information content (AvgIpc) is 3.17. The third-order valence-electron chi connectivity index (χ3n) is 4.31. The van der Waals surface area contributed by atoms with Gasteiger partial charge >= 0.3 is 6.09 Å². The number of hydrogen-bond acceptors (Lipinski definition) is 4. The van der Waals surface area contributed by atoms with Crippen molar-refractivity contribution in [3.8, 4) is 6.07 Å². The van der Waals surface area contributed by atoms with Gasteiger partial charge in [-0.25, -0.2) is 4.79 Å². The van der Waals surface area contributed by atoms with Crippen LogP contribution in [-0.4, -0.2) is 29.6 Å². The standard InChI is InChI=1S/C19H17N3O3/c1-13-14(10-17(12-20)21(13)2)6-7-18(23)15-4-3-5-16(11-15)22-8-9-25-19(22)24/h3-7,10-11H,8-9H2,1-2H3. The number of rotatable bonds is 4. The van der Waals surface area contributed by atoms with Crippen molar-refractivity contribution in [1.29, 1.82) is 5.26 Å². The molecule has 6 nitrogen and oxygen atoms in total. The van der Waals surface area contributed by atoms with Crippen molar-refractivity contribution in [2.24, 2.45) is 7.05 Å². The van der Waals surface area contributed by atoms with E-state index in [4.69, 9.17) is 10.00 Å². The molecule has 1 saturated heterocycles. The highest BCUT2D eigenvalue weighted by molar-refractivity contribution is 6.07. The van der Waals surface area contributed by atoms with Gasteiger partial charge in [-0.05, 0) is 42.8 Å². The van der Waals surface area contributed by atoms with Gasteiger partial charge in [0.2, 0.25) is 0 Å². The van der Waals surface area contributed by atoms with Crippen molar-refractivity contribution in [3.05, 3.63) is 58.9 Å². The topological polar surface area (TPSA) is 75.3 Å². The van der Waals surface area contributed by atoms with E-state index < -0.39 is 6.09 Å². The van der Waals surface area contributed by atoms with E-state index in [0.717, 1.165) is 11.3 Å². The molecular formula is C19H17N3O3. The first kappa shape index (κ1) is 16.5. The Kier molecular flexibility index (Phi) is 4.40. The number of nitrogens with zero attached hydrogens (tertiary/aromatic N) is 3. The number of amides is 1. The maximum atomic E-state index is 12.4. The minimum Gasteiger partial charge on any atom is -0.447 e. The fourth-order valence-corrected chi connectivity index (χ4v) is 2.72. The van der Waals surface area contributed by atoms with Gasteiger partial charge in [0.25, 0.3) is 0 Å². The summed E-state index contributed by atoms with van der Waals surface area (Å²) in [5, 5.41) is 9.06. The third-order valence-corrected chi connectivity index (χ3v) is 4.31. The molecule has 2 heterocycles. The smallest absolute Gasteiger partial charge is 0.414 e. The molecule has 1 aliphatic rings. The van der Waals surface area contributed by atoms with E-state index in [0.29, 0.717) is 30.1 Å². The van der Waals surface area contributed by atoms with Gasteiger partial charge in [0.05, 0.1) is 6.54 Å². The second kappa shape index (κ2) is 6.65. The molecule has 2 aromatic rings. The highest BCUT2D eigenvalue weighted by atomic mass is 16.6. The van der Waals surface area contributed by atoms with Gasteiger partial charge in [-0.3, -0.25) is 9.69 Å². The highest BCUT2D eigenvalue weighted by Gasteiger charge is 2.23. The second-order valence-electron chi connectivity index (χ2n) is 5.76. The predicted molar refractivity (Wildman–Crippen MR) is 93.4 cm³/mol. The molecule has 1 aromatic carbocycles. The lowest BCUT2D eigenvalue weighted by atomic mass is 10.1. The van der Waals surface area contributed by atoms with Crippen molar-refractivity contribution in [1.82, 2.24) is 4.57 Å². The van der Waals surface area contributed by atoms with Gasteiger partial charge in [0, 0.05) is 24.0 Å². The Bertz CT molecular complexity index is 918. The van der Waals surface area contributed by atoms with Crippen molar-refractivity contribution in [2.75, 3.05) is 18.1 Å². The van der Waals surface area contributed by atoms with Gasteiger partial charge < -0.3 is 9.30 Å². The molecule has 0 saturated carbocycles. The van der Waals surface area contributed by atoms with Gasteiger partial charge in [-0.15, -0.1) is 0 Å². The van der Waals surface area contributed by atoms with Crippen molar-refractivity contribution >= 4 is 23.6 Å². The van der Waals surface area contributed by atoms with E-state index in [1.807, 2.05) is 14.0 Å². The minimum absolute atomic E-state index is 0.170. The summed E-state index contributed by atoms with van der Waals surface area (Å²) >= 11 is 0. The molecule has 1 amide bonds. The monoisotopic (exact) mass is 335 g/mol. The molecule has 6 heteroatoms. The van der Waals surface area contributed by atoms with Crippen LogP contribution in [0.1, 0.15) is 27.3 Å². The number of ketones is 1. The maximum absolute atomic E-state index is 12.4. The van der Waals surface area contributed by atoms with Crippen molar-refractivity contribution in [3.63, 3.8) is 0 Å². The Morgan fingerprint density at radius 2 is 2.16 bits per heavy atom. The lowest BCUT2D eigenvalue weighted by molar-refractivity contribution is 0.104. The van der Waals surface area contributed by atoms with Crippen LogP contribution in [0.15, 0.2) is 36.4 Å². The molecule has 0 aliphatic carbocycles. The number of hydrogen-bond donors (Lipinski definition) is 0. The molecule has 126 valence electrons. The first-order valence-corrected chi connectivity index (χ1v) is 7.84. The number of carbonyl (C=O) groups excluding carboxylic acids is 2. The van der Waals surface area contributed by atoms with E-state index in [1.54, 1.807) is 41.0 Å². The molecule has 1 aromatic heterocycles. The number of benzene rings is 1. The van der Waals surface area contributed by atoms with Crippen molar-refractivity contribution in [2.45, 2.75) is 6.92 Å². The molecule has 0 N–H and O–H groups in total. The summed E-state index contributed by atoms with van der Waals surface area (Å²) in [6.07, 6.45) is 2.78. The van der Waals surface area contributed by atoms with Gasteiger partial charge in [-0.2, -0.15) is 5.26 Å². The summed E-state index contributed by atoms with van der Waals surface area (Å²) in [6, 6.07) is 10.8. The Labute approximate surface area is 145 Å². The van der Waals surface area contributed by atoms with E-state index in [9.17, 15) is 9.59 Å². The number of ether oxygens (including phenoxy) is 1. The van der Waals surface area contributed by atoms with Gasteiger partial charge in [-0.1, -0.05) is 12.1 Å². The molecule has 25 heavy (non-hydrogen) atoms. The molecule has 0 atom stereocenters. The highest BCUT2D eigenvalue weighted by Crippen LogP contribution is 2.21. The Morgan fingerprint density at radius 3 is 2.80 bits per heavy atom. The van der Waals surface area contributed by atoms with Gasteiger partial charge in [0.15, 0.2) is 5.78 Å². The van der Waals surface area contributed by atoms with Crippen LogP contribution in [0.2, 0.25) is 0 Å². The zero-order chi connectivity index (χ0) is 18.0. The van der Waals surface area contributed by atoms with E-state index in [1.165, 1.54) is 11.0 Å². The molecule has 0 radical (unpaired) electrons. The van der Waals surface area contributed by atoms with Gasteiger partial charge in [0.1, 0.15) is 18.4 Å². The van der Waals surface area contributed by atoms with Crippen LogP contribution in [0, 0.1) is 18.3 Å². The SMILES string of the molecule is Cc1c(C=CC(=O)c2cccc(N3CCOC3=O)c2)cc(C#N)n1C. The first-order chi connectivity index (χ1) is 12.0. The van der Waals surface area contributed by atoms with Crippen LogP contribution in [0.3, 0.4) is 0 Å². The summed E-state index contributed by atoms with van der Waals surface area (Å²) < 4.78 is 6.70. The molecule has 1 aliphatic heterocycles.